The van der Waals surface area contributed by atoms with Crippen LogP contribution in [0.2, 0.25) is 0 Å². The molecule has 4 heterocycles. The van der Waals surface area contributed by atoms with Gasteiger partial charge in [0.15, 0.2) is 0 Å². The molecule has 1 saturated carbocycles. The van der Waals surface area contributed by atoms with Gasteiger partial charge in [-0.05, 0) is 59.2 Å². The van der Waals surface area contributed by atoms with Gasteiger partial charge in [0.25, 0.3) is 0 Å². The van der Waals surface area contributed by atoms with Gasteiger partial charge in [-0.2, -0.15) is 4.98 Å². The van der Waals surface area contributed by atoms with Gasteiger partial charge in [0, 0.05) is 23.4 Å². The zero-order valence-corrected chi connectivity index (χ0v) is 19.4. The molecule has 5 rings (SSSR count). The summed E-state index contributed by atoms with van der Waals surface area (Å²) in [5, 5.41) is 11.9. The first-order chi connectivity index (χ1) is 14.9. The van der Waals surface area contributed by atoms with E-state index in [1.165, 1.54) is 23.3 Å². The Morgan fingerprint density at radius 3 is 2.68 bits per heavy atom. The normalized spacial score (nSPS) is 23.1. The molecule has 2 N–H and O–H groups in total. The Kier molecular flexibility index (Phi) is 5.35. The van der Waals surface area contributed by atoms with Crippen molar-refractivity contribution in [3.63, 3.8) is 0 Å². The number of thiophene rings is 1. The molecule has 0 spiro atoms. The van der Waals surface area contributed by atoms with E-state index < -0.39 is 0 Å². The standard InChI is InChI=1S/C22H30N6O2S/c1-22(2)9-16-17(12-29-22)31-20-18(16)19(24-13-5-7-15(8-6-13)28(3)4)26-21(27-20)25-14-10-23-30-11-14/h10-11,13,15H,5-9,12H2,1-4H3,(H2,24,25,26,27)/t13-,15-. The maximum atomic E-state index is 6.06. The minimum Gasteiger partial charge on any atom is -0.370 e. The first kappa shape index (κ1) is 20.7. The molecule has 31 heavy (non-hydrogen) atoms. The fraction of sp³-hybridized carbons (Fsp3) is 0.591. The third-order valence-corrected chi connectivity index (χ3v) is 7.49. The molecule has 9 heteroatoms. The summed E-state index contributed by atoms with van der Waals surface area (Å²) in [5.41, 5.74) is 1.89. The summed E-state index contributed by atoms with van der Waals surface area (Å²) >= 11 is 1.71. The van der Waals surface area contributed by atoms with Gasteiger partial charge >= 0.3 is 0 Å². The average Bonchev–Trinajstić information content (AvgIpc) is 3.35. The van der Waals surface area contributed by atoms with Crippen molar-refractivity contribution in [1.82, 2.24) is 20.0 Å². The van der Waals surface area contributed by atoms with Crippen LogP contribution < -0.4 is 10.6 Å². The van der Waals surface area contributed by atoms with E-state index >= 15 is 0 Å². The molecule has 166 valence electrons. The van der Waals surface area contributed by atoms with E-state index in [2.05, 4.69) is 48.6 Å². The Hall–Kier alpha value is -2.23. The van der Waals surface area contributed by atoms with Crippen molar-refractivity contribution in [1.29, 1.82) is 0 Å². The number of hydrogen-bond acceptors (Lipinski definition) is 9. The summed E-state index contributed by atoms with van der Waals surface area (Å²) in [6, 6.07) is 1.09. The molecular weight excluding hydrogens is 412 g/mol. The van der Waals surface area contributed by atoms with Crippen LogP contribution in [0.15, 0.2) is 17.0 Å². The van der Waals surface area contributed by atoms with Gasteiger partial charge < -0.3 is 24.8 Å². The van der Waals surface area contributed by atoms with E-state index in [9.17, 15) is 0 Å². The first-order valence-electron chi connectivity index (χ1n) is 10.9. The summed E-state index contributed by atoms with van der Waals surface area (Å²) in [6.07, 6.45) is 8.73. The maximum Gasteiger partial charge on any atom is 0.230 e. The Bertz CT molecular complexity index is 1050. The van der Waals surface area contributed by atoms with Crippen molar-refractivity contribution in [2.75, 3.05) is 24.7 Å². The van der Waals surface area contributed by atoms with E-state index in [-0.39, 0.29) is 5.60 Å². The molecule has 0 saturated heterocycles. The number of nitrogens with zero attached hydrogens (tertiary/aromatic N) is 4. The Labute approximate surface area is 186 Å². The molecule has 8 nitrogen and oxygen atoms in total. The van der Waals surface area contributed by atoms with E-state index in [0.29, 0.717) is 24.6 Å². The van der Waals surface area contributed by atoms with Crippen molar-refractivity contribution >= 4 is 39.0 Å². The van der Waals surface area contributed by atoms with Crippen LogP contribution in [-0.4, -0.2) is 51.8 Å². The number of ether oxygens (including phenoxy) is 1. The van der Waals surface area contributed by atoms with Crippen molar-refractivity contribution in [3.8, 4) is 0 Å². The highest BCUT2D eigenvalue weighted by atomic mass is 32.1. The largest absolute Gasteiger partial charge is 0.370 e. The average molecular weight is 443 g/mol. The molecule has 0 amide bonds. The molecule has 1 fully saturated rings. The van der Waals surface area contributed by atoms with E-state index in [1.54, 1.807) is 23.8 Å². The molecule has 3 aromatic rings. The second kappa shape index (κ2) is 8.03. The SMILES string of the molecule is CN(C)[C@H]1CC[C@H](Nc2nc(Nc3cnoc3)nc3sc4c(c23)CC(C)(C)OC4)CC1. The lowest BCUT2D eigenvalue weighted by Crippen LogP contribution is -2.36. The van der Waals surface area contributed by atoms with Gasteiger partial charge in [-0.3, -0.25) is 0 Å². The highest BCUT2D eigenvalue weighted by Gasteiger charge is 2.32. The van der Waals surface area contributed by atoms with Gasteiger partial charge in [-0.15, -0.1) is 11.3 Å². The van der Waals surface area contributed by atoms with Crippen LogP contribution in [0.1, 0.15) is 50.0 Å². The molecule has 2 aliphatic rings. The van der Waals surface area contributed by atoms with Crippen LogP contribution in [0.25, 0.3) is 10.2 Å². The van der Waals surface area contributed by atoms with Gasteiger partial charge in [-0.1, -0.05) is 5.16 Å². The Morgan fingerprint density at radius 2 is 1.97 bits per heavy atom. The molecule has 0 bridgehead atoms. The van der Waals surface area contributed by atoms with Crippen LogP contribution in [0.5, 0.6) is 0 Å². The minimum atomic E-state index is -0.179. The lowest BCUT2D eigenvalue weighted by atomic mass is 9.90. The van der Waals surface area contributed by atoms with Crippen molar-refractivity contribution in [3.05, 3.63) is 22.9 Å². The van der Waals surface area contributed by atoms with Crippen LogP contribution in [0.4, 0.5) is 17.5 Å². The highest BCUT2D eigenvalue weighted by Crippen LogP contribution is 2.42. The van der Waals surface area contributed by atoms with Gasteiger partial charge in [0.05, 0.1) is 23.8 Å². The van der Waals surface area contributed by atoms with Crippen molar-refractivity contribution < 1.29 is 9.26 Å². The lowest BCUT2D eigenvalue weighted by Gasteiger charge is -2.33. The third kappa shape index (κ3) is 4.26. The quantitative estimate of drug-likeness (QED) is 0.595. The second-order valence-corrected chi connectivity index (χ2v) is 10.5. The fourth-order valence-electron chi connectivity index (χ4n) is 4.63. The molecule has 1 aliphatic carbocycles. The molecule has 0 atom stereocenters. The topological polar surface area (TPSA) is 88.3 Å². The van der Waals surface area contributed by atoms with Gasteiger partial charge in [0.1, 0.15) is 22.6 Å². The number of nitrogens with one attached hydrogen (secondary N) is 2. The summed E-state index contributed by atoms with van der Waals surface area (Å²) in [5.74, 6) is 1.48. The predicted molar refractivity (Wildman–Crippen MR) is 123 cm³/mol. The molecule has 0 radical (unpaired) electrons. The minimum absolute atomic E-state index is 0.179. The zero-order chi connectivity index (χ0) is 21.6. The molecule has 3 aromatic heterocycles. The van der Waals surface area contributed by atoms with Crippen LogP contribution >= 0.6 is 11.3 Å². The number of hydrogen-bond donors (Lipinski definition) is 2. The highest BCUT2D eigenvalue weighted by molar-refractivity contribution is 7.19. The number of anilines is 3. The zero-order valence-electron chi connectivity index (χ0n) is 18.6. The van der Waals surface area contributed by atoms with Crippen LogP contribution in [-0.2, 0) is 17.8 Å². The molecular formula is C22H30N6O2S. The first-order valence-corrected chi connectivity index (χ1v) is 11.8. The van der Waals surface area contributed by atoms with Crippen molar-refractivity contribution in [2.45, 2.75) is 70.2 Å². The van der Waals surface area contributed by atoms with Crippen LogP contribution in [0.3, 0.4) is 0 Å². The maximum absolute atomic E-state index is 6.06. The predicted octanol–water partition coefficient (Wildman–Crippen LogP) is 4.56. The van der Waals surface area contributed by atoms with E-state index in [0.717, 1.165) is 41.0 Å². The second-order valence-electron chi connectivity index (χ2n) is 9.46. The number of aromatic nitrogens is 3. The summed E-state index contributed by atoms with van der Waals surface area (Å²) in [7, 11) is 4.35. The van der Waals surface area contributed by atoms with Crippen LogP contribution in [0, 0.1) is 0 Å². The number of fused-ring (bicyclic) bond motifs is 3. The fourth-order valence-corrected chi connectivity index (χ4v) is 5.73. The summed E-state index contributed by atoms with van der Waals surface area (Å²) < 4.78 is 11.0. The summed E-state index contributed by atoms with van der Waals surface area (Å²) in [6.45, 7) is 4.93. The Morgan fingerprint density at radius 1 is 1.16 bits per heavy atom. The molecule has 1 aliphatic heterocycles. The Balaban J connectivity index is 1.50. The van der Waals surface area contributed by atoms with E-state index in [1.807, 2.05) is 0 Å². The van der Waals surface area contributed by atoms with Gasteiger partial charge in [-0.25, -0.2) is 4.98 Å². The monoisotopic (exact) mass is 442 g/mol. The van der Waals surface area contributed by atoms with Crippen molar-refractivity contribution in [2.24, 2.45) is 0 Å². The number of rotatable bonds is 5. The molecule has 0 unspecified atom stereocenters. The van der Waals surface area contributed by atoms with E-state index in [4.69, 9.17) is 19.2 Å². The van der Waals surface area contributed by atoms with Gasteiger partial charge in [0.2, 0.25) is 5.95 Å². The smallest absolute Gasteiger partial charge is 0.230 e. The lowest BCUT2D eigenvalue weighted by molar-refractivity contribution is -0.0379. The molecule has 0 aromatic carbocycles. The summed E-state index contributed by atoms with van der Waals surface area (Å²) in [4.78, 5) is 14.3. The third-order valence-electron chi connectivity index (χ3n) is 6.39.